The van der Waals surface area contributed by atoms with Gasteiger partial charge in [-0.2, -0.15) is 11.3 Å². The van der Waals surface area contributed by atoms with Crippen LogP contribution >= 0.6 is 22.7 Å². The van der Waals surface area contributed by atoms with Gasteiger partial charge in [0.2, 0.25) is 5.91 Å². The lowest BCUT2D eigenvalue weighted by atomic mass is 10.1. The Morgan fingerprint density at radius 3 is 2.96 bits per heavy atom. The van der Waals surface area contributed by atoms with Gasteiger partial charge in [0.1, 0.15) is 5.01 Å². The molecule has 0 aliphatic heterocycles. The third-order valence-electron chi connectivity index (χ3n) is 4.04. The van der Waals surface area contributed by atoms with Gasteiger partial charge in [0.15, 0.2) is 0 Å². The van der Waals surface area contributed by atoms with Crippen LogP contribution in [0, 0.1) is 0 Å². The van der Waals surface area contributed by atoms with Gasteiger partial charge in [0.25, 0.3) is 0 Å². The highest BCUT2D eigenvalue weighted by atomic mass is 32.1. The van der Waals surface area contributed by atoms with Crippen LogP contribution in [0.15, 0.2) is 40.4 Å². The molecular formula is C18H16N2OS2. The van der Waals surface area contributed by atoms with Crippen LogP contribution in [-0.4, -0.2) is 10.9 Å². The first-order valence-corrected chi connectivity index (χ1v) is 9.49. The minimum atomic E-state index is -0.00915. The Morgan fingerprint density at radius 2 is 2.09 bits per heavy atom. The van der Waals surface area contributed by atoms with E-state index in [-0.39, 0.29) is 5.91 Å². The Labute approximate surface area is 143 Å². The number of thiophene rings is 1. The predicted octanol–water partition coefficient (Wildman–Crippen LogP) is 4.54. The first kappa shape index (κ1) is 14.6. The van der Waals surface area contributed by atoms with E-state index < -0.39 is 0 Å². The summed E-state index contributed by atoms with van der Waals surface area (Å²) in [5.41, 5.74) is 5.64. The lowest BCUT2D eigenvalue weighted by Gasteiger charge is -2.06. The van der Waals surface area contributed by atoms with Gasteiger partial charge >= 0.3 is 0 Å². The molecule has 3 aromatic rings. The Morgan fingerprint density at radius 1 is 1.17 bits per heavy atom. The van der Waals surface area contributed by atoms with Crippen molar-refractivity contribution in [3.63, 3.8) is 0 Å². The number of hydrogen-bond acceptors (Lipinski definition) is 4. The number of hydrogen-bond donors (Lipinski definition) is 1. The summed E-state index contributed by atoms with van der Waals surface area (Å²) in [5, 5.41) is 10.1. The molecule has 1 amide bonds. The van der Waals surface area contributed by atoms with E-state index in [9.17, 15) is 4.79 Å². The molecule has 0 atom stereocenters. The van der Waals surface area contributed by atoms with Crippen molar-refractivity contribution in [2.75, 3.05) is 5.32 Å². The summed E-state index contributed by atoms with van der Waals surface area (Å²) in [4.78, 5) is 16.8. The zero-order valence-electron chi connectivity index (χ0n) is 12.5. The highest BCUT2D eigenvalue weighted by Crippen LogP contribution is 2.27. The largest absolute Gasteiger partial charge is 0.326 e. The molecule has 0 saturated carbocycles. The normalized spacial score (nSPS) is 13.0. The summed E-state index contributed by atoms with van der Waals surface area (Å²) in [6, 6.07) is 8.30. The average Bonchev–Trinajstić information content (AvgIpc) is 3.27. The van der Waals surface area contributed by atoms with Crippen molar-refractivity contribution in [1.82, 2.24) is 4.98 Å². The molecule has 0 unspecified atom stereocenters. The Balaban J connectivity index is 1.42. The van der Waals surface area contributed by atoms with Gasteiger partial charge in [-0.05, 0) is 54.0 Å². The van der Waals surface area contributed by atoms with Crippen molar-refractivity contribution in [2.45, 2.75) is 25.7 Å². The quantitative estimate of drug-likeness (QED) is 0.757. The molecule has 4 rings (SSSR count). The molecule has 116 valence electrons. The van der Waals surface area contributed by atoms with Gasteiger partial charge in [-0.25, -0.2) is 4.98 Å². The van der Waals surface area contributed by atoms with E-state index >= 15 is 0 Å². The zero-order chi connectivity index (χ0) is 15.6. The van der Waals surface area contributed by atoms with Crippen molar-refractivity contribution in [2.24, 2.45) is 0 Å². The Bertz CT molecular complexity index is 837. The third kappa shape index (κ3) is 3.21. The molecule has 2 heterocycles. The van der Waals surface area contributed by atoms with Crippen LogP contribution in [0.1, 0.15) is 23.2 Å². The van der Waals surface area contributed by atoms with Crippen LogP contribution in [0.2, 0.25) is 0 Å². The van der Waals surface area contributed by atoms with E-state index in [0.717, 1.165) is 34.8 Å². The number of thiazole rings is 1. The number of fused-ring (bicyclic) bond motifs is 1. The fourth-order valence-electron chi connectivity index (χ4n) is 2.93. The monoisotopic (exact) mass is 340 g/mol. The van der Waals surface area contributed by atoms with E-state index in [1.54, 1.807) is 22.7 Å². The number of nitrogens with one attached hydrogen (secondary N) is 1. The number of anilines is 1. The lowest BCUT2D eigenvalue weighted by Crippen LogP contribution is -2.14. The number of rotatable bonds is 4. The molecule has 0 radical (unpaired) electrons. The Hall–Kier alpha value is -1.98. The molecule has 0 spiro atoms. The molecule has 3 nitrogen and oxygen atoms in total. The molecule has 0 bridgehead atoms. The molecule has 2 aromatic heterocycles. The van der Waals surface area contributed by atoms with Crippen LogP contribution in [0.5, 0.6) is 0 Å². The number of nitrogens with zero attached hydrogens (tertiary/aromatic N) is 1. The second-order valence-electron chi connectivity index (χ2n) is 5.72. The number of aromatic nitrogens is 1. The van der Waals surface area contributed by atoms with E-state index in [4.69, 9.17) is 0 Å². The highest BCUT2D eigenvalue weighted by molar-refractivity contribution is 7.14. The van der Waals surface area contributed by atoms with Crippen LogP contribution in [-0.2, 0) is 24.1 Å². The van der Waals surface area contributed by atoms with Crippen molar-refractivity contribution in [3.05, 3.63) is 57.2 Å². The van der Waals surface area contributed by atoms with E-state index in [1.165, 1.54) is 17.5 Å². The maximum atomic E-state index is 12.2. The number of benzene rings is 1. The van der Waals surface area contributed by atoms with Crippen molar-refractivity contribution >= 4 is 34.3 Å². The van der Waals surface area contributed by atoms with E-state index in [1.807, 2.05) is 16.8 Å². The maximum Gasteiger partial charge on any atom is 0.230 e. The SMILES string of the molecule is O=C(Cc1csc(-c2ccsc2)n1)Nc1ccc2c(c1)CCC2. The van der Waals surface area contributed by atoms with Gasteiger partial charge in [-0.3, -0.25) is 4.79 Å². The second kappa shape index (κ2) is 6.26. The summed E-state index contributed by atoms with van der Waals surface area (Å²) in [6.07, 6.45) is 3.82. The van der Waals surface area contributed by atoms with Crippen LogP contribution in [0.3, 0.4) is 0 Å². The van der Waals surface area contributed by atoms with Crippen molar-refractivity contribution in [3.8, 4) is 10.6 Å². The van der Waals surface area contributed by atoms with E-state index in [2.05, 4.69) is 33.9 Å². The fraction of sp³-hybridized carbons (Fsp3) is 0.222. The lowest BCUT2D eigenvalue weighted by molar-refractivity contribution is -0.115. The zero-order valence-corrected chi connectivity index (χ0v) is 14.2. The van der Waals surface area contributed by atoms with Crippen molar-refractivity contribution in [1.29, 1.82) is 0 Å². The molecule has 0 fully saturated rings. The van der Waals surface area contributed by atoms with Gasteiger partial charge in [0.05, 0.1) is 12.1 Å². The topological polar surface area (TPSA) is 42.0 Å². The highest BCUT2D eigenvalue weighted by Gasteiger charge is 2.13. The van der Waals surface area contributed by atoms with Gasteiger partial charge in [0, 0.05) is 22.0 Å². The number of carbonyl (C=O) groups is 1. The molecular weight excluding hydrogens is 324 g/mol. The smallest absolute Gasteiger partial charge is 0.230 e. The molecule has 23 heavy (non-hydrogen) atoms. The van der Waals surface area contributed by atoms with Gasteiger partial charge in [-0.1, -0.05) is 6.07 Å². The first-order valence-electron chi connectivity index (χ1n) is 7.66. The first-order chi connectivity index (χ1) is 11.3. The van der Waals surface area contributed by atoms with Gasteiger partial charge in [-0.15, -0.1) is 11.3 Å². The molecule has 5 heteroatoms. The summed E-state index contributed by atoms with van der Waals surface area (Å²) >= 11 is 3.24. The van der Waals surface area contributed by atoms with Crippen LogP contribution in [0.4, 0.5) is 5.69 Å². The average molecular weight is 340 g/mol. The third-order valence-corrected chi connectivity index (χ3v) is 5.67. The molecule has 1 aromatic carbocycles. The summed E-state index contributed by atoms with van der Waals surface area (Å²) in [7, 11) is 0. The van der Waals surface area contributed by atoms with Crippen molar-refractivity contribution < 1.29 is 4.79 Å². The predicted molar refractivity (Wildman–Crippen MR) is 96.2 cm³/mol. The summed E-state index contributed by atoms with van der Waals surface area (Å²) in [5.74, 6) is -0.00915. The minimum Gasteiger partial charge on any atom is -0.326 e. The van der Waals surface area contributed by atoms with Gasteiger partial charge < -0.3 is 5.32 Å². The summed E-state index contributed by atoms with van der Waals surface area (Å²) < 4.78 is 0. The van der Waals surface area contributed by atoms with Crippen LogP contribution < -0.4 is 5.32 Å². The number of amides is 1. The van der Waals surface area contributed by atoms with Crippen LogP contribution in [0.25, 0.3) is 10.6 Å². The standard InChI is InChI=1S/C18H16N2OS2/c21-17(19-15-5-4-12-2-1-3-13(12)8-15)9-16-11-23-18(20-16)14-6-7-22-10-14/h4-8,10-11H,1-3,9H2,(H,19,21). The number of aryl methyl sites for hydroxylation is 2. The molecule has 0 saturated heterocycles. The Kier molecular flexibility index (Phi) is 3.97. The van der Waals surface area contributed by atoms with E-state index in [0.29, 0.717) is 6.42 Å². The number of carbonyl (C=O) groups excluding carboxylic acids is 1. The molecule has 1 aliphatic carbocycles. The molecule has 1 aliphatic rings. The maximum absolute atomic E-state index is 12.2. The molecule has 1 N–H and O–H groups in total. The fourth-order valence-corrected chi connectivity index (χ4v) is 4.46. The second-order valence-corrected chi connectivity index (χ2v) is 7.36. The minimum absolute atomic E-state index is 0.00915. The summed E-state index contributed by atoms with van der Waals surface area (Å²) in [6.45, 7) is 0.